The van der Waals surface area contributed by atoms with Crippen LogP contribution in [0.3, 0.4) is 0 Å². The summed E-state index contributed by atoms with van der Waals surface area (Å²) in [5.41, 5.74) is 1.99. The Morgan fingerprint density at radius 1 is 1.05 bits per heavy atom. The van der Waals surface area contributed by atoms with Gasteiger partial charge in [-0.25, -0.2) is 9.88 Å². The Morgan fingerprint density at radius 3 is 2.32 bits per heavy atom. The molecule has 3 aromatic rings. The van der Waals surface area contributed by atoms with Gasteiger partial charge in [-0.15, -0.1) is 11.3 Å². The highest BCUT2D eigenvalue weighted by molar-refractivity contribution is 7.19. The van der Waals surface area contributed by atoms with E-state index in [9.17, 15) is 9.59 Å². The summed E-state index contributed by atoms with van der Waals surface area (Å²) in [5.74, 6) is -0.689. The average Bonchev–Trinajstić information content (AvgIpc) is 3.01. The molecule has 0 N–H and O–H groups in total. The molecule has 1 aliphatic heterocycles. The maximum absolute atomic E-state index is 12.5. The molecule has 0 saturated heterocycles. The lowest BCUT2D eigenvalue weighted by molar-refractivity contribution is 0.0926. The molecule has 0 bridgehead atoms. The standard InChI is InChI=1S/C16H9ClN2O2S/c1-8-18-11-6-7-12(13(17)14(11)22-8)19-15(20)9-4-2-3-5-10(9)16(19)21/h2-7H,1H3. The van der Waals surface area contributed by atoms with Crippen molar-refractivity contribution in [2.24, 2.45) is 0 Å². The lowest BCUT2D eigenvalue weighted by Crippen LogP contribution is -2.29. The van der Waals surface area contributed by atoms with E-state index in [4.69, 9.17) is 11.6 Å². The Hall–Kier alpha value is -2.24. The summed E-state index contributed by atoms with van der Waals surface area (Å²) in [6.07, 6.45) is 0. The Kier molecular flexibility index (Phi) is 2.82. The minimum atomic E-state index is -0.344. The van der Waals surface area contributed by atoms with Gasteiger partial charge in [-0.1, -0.05) is 23.7 Å². The number of hydrogen-bond donors (Lipinski definition) is 0. The molecular weight excluding hydrogens is 320 g/mol. The van der Waals surface area contributed by atoms with Crippen LogP contribution in [0.25, 0.3) is 10.2 Å². The summed E-state index contributed by atoms with van der Waals surface area (Å²) >= 11 is 7.88. The number of carbonyl (C=O) groups is 2. The highest BCUT2D eigenvalue weighted by atomic mass is 35.5. The fourth-order valence-electron chi connectivity index (χ4n) is 2.64. The molecular formula is C16H9ClN2O2S. The van der Waals surface area contributed by atoms with Gasteiger partial charge in [0.25, 0.3) is 11.8 Å². The minimum Gasteiger partial charge on any atom is -0.268 e. The topological polar surface area (TPSA) is 50.3 Å². The normalized spacial score (nSPS) is 14.0. The van der Waals surface area contributed by atoms with Crippen molar-refractivity contribution in [3.05, 3.63) is 57.6 Å². The first-order valence-electron chi connectivity index (χ1n) is 6.61. The van der Waals surface area contributed by atoms with Crippen LogP contribution in [0.2, 0.25) is 5.02 Å². The van der Waals surface area contributed by atoms with Gasteiger partial charge in [-0.3, -0.25) is 9.59 Å². The number of thiazole rings is 1. The number of hydrogen-bond acceptors (Lipinski definition) is 4. The lowest BCUT2D eigenvalue weighted by Gasteiger charge is -2.15. The number of aromatic nitrogens is 1. The van der Waals surface area contributed by atoms with E-state index >= 15 is 0 Å². The summed E-state index contributed by atoms with van der Waals surface area (Å²) in [6, 6.07) is 10.2. The quantitative estimate of drug-likeness (QED) is 0.633. The van der Waals surface area contributed by atoms with E-state index in [0.29, 0.717) is 21.8 Å². The Labute approximate surface area is 135 Å². The highest BCUT2D eigenvalue weighted by Crippen LogP contribution is 2.39. The minimum absolute atomic E-state index is 0.344. The molecule has 4 nitrogen and oxygen atoms in total. The van der Waals surface area contributed by atoms with Crippen LogP contribution in [0, 0.1) is 6.92 Å². The Bertz CT molecular complexity index is 929. The zero-order valence-corrected chi connectivity index (χ0v) is 13.0. The van der Waals surface area contributed by atoms with Crippen LogP contribution in [0.5, 0.6) is 0 Å². The molecule has 4 rings (SSSR count). The number of halogens is 1. The molecule has 0 aliphatic carbocycles. The molecule has 6 heteroatoms. The van der Waals surface area contributed by atoms with Crippen molar-refractivity contribution in [2.75, 3.05) is 4.90 Å². The van der Waals surface area contributed by atoms with Crippen molar-refractivity contribution in [2.45, 2.75) is 6.92 Å². The van der Waals surface area contributed by atoms with Gasteiger partial charge in [0.1, 0.15) is 0 Å². The third-order valence-electron chi connectivity index (χ3n) is 3.62. The van der Waals surface area contributed by atoms with E-state index in [1.165, 1.54) is 11.3 Å². The number of anilines is 1. The first-order valence-corrected chi connectivity index (χ1v) is 7.81. The molecule has 1 aromatic heterocycles. The van der Waals surface area contributed by atoms with Crippen molar-refractivity contribution in [3.8, 4) is 0 Å². The van der Waals surface area contributed by atoms with Gasteiger partial charge in [-0.05, 0) is 31.2 Å². The lowest BCUT2D eigenvalue weighted by atomic mass is 10.1. The largest absolute Gasteiger partial charge is 0.268 e. The fraction of sp³-hybridized carbons (Fsp3) is 0.0625. The van der Waals surface area contributed by atoms with Crippen LogP contribution in [-0.4, -0.2) is 16.8 Å². The zero-order chi connectivity index (χ0) is 15.4. The molecule has 0 radical (unpaired) electrons. The average molecular weight is 329 g/mol. The van der Waals surface area contributed by atoms with Crippen molar-refractivity contribution >= 4 is 50.7 Å². The molecule has 0 saturated carbocycles. The van der Waals surface area contributed by atoms with Crippen molar-refractivity contribution in [1.82, 2.24) is 4.98 Å². The van der Waals surface area contributed by atoms with Crippen LogP contribution < -0.4 is 4.90 Å². The summed E-state index contributed by atoms with van der Waals surface area (Å²) in [6.45, 7) is 1.89. The van der Waals surface area contributed by atoms with E-state index in [0.717, 1.165) is 20.1 Å². The number of nitrogens with zero attached hydrogens (tertiary/aromatic N) is 2. The van der Waals surface area contributed by atoms with Gasteiger partial charge in [0.15, 0.2) is 0 Å². The molecule has 2 heterocycles. The summed E-state index contributed by atoms with van der Waals surface area (Å²) in [4.78, 5) is 30.6. The van der Waals surface area contributed by atoms with E-state index < -0.39 is 0 Å². The summed E-state index contributed by atoms with van der Waals surface area (Å²) in [7, 11) is 0. The van der Waals surface area contributed by atoms with Crippen LogP contribution >= 0.6 is 22.9 Å². The van der Waals surface area contributed by atoms with E-state index in [2.05, 4.69) is 4.98 Å². The molecule has 2 aromatic carbocycles. The molecule has 1 aliphatic rings. The van der Waals surface area contributed by atoms with Gasteiger partial charge in [-0.2, -0.15) is 0 Å². The summed E-state index contributed by atoms with van der Waals surface area (Å²) in [5, 5.41) is 1.27. The van der Waals surface area contributed by atoms with Gasteiger partial charge < -0.3 is 0 Å². The maximum atomic E-state index is 12.5. The van der Waals surface area contributed by atoms with Crippen LogP contribution in [-0.2, 0) is 0 Å². The number of imide groups is 1. The van der Waals surface area contributed by atoms with Gasteiger partial charge in [0.2, 0.25) is 0 Å². The van der Waals surface area contributed by atoms with Gasteiger partial charge >= 0.3 is 0 Å². The first kappa shape index (κ1) is 13.4. The number of fused-ring (bicyclic) bond motifs is 2. The van der Waals surface area contributed by atoms with Gasteiger partial charge in [0, 0.05) is 0 Å². The van der Waals surface area contributed by atoms with E-state index in [-0.39, 0.29) is 11.8 Å². The SMILES string of the molecule is Cc1nc2ccc(N3C(=O)c4ccccc4C3=O)c(Cl)c2s1. The summed E-state index contributed by atoms with van der Waals surface area (Å²) < 4.78 is 0.785. The third-order valence-corrected chi connectivity index (χ3v) is 5.12. The van der Waals surface area contributed by atoms with E-state index in [1.54, 1.807) is 36.4 Å². The fourth-order valence-corrected chi connectivity index (χ4v) is 3.85. The number of benzene rings is 2. The van der Waals surface area contributed by atoms with Crippen LogP contribution in [0.15, 0.2) is 36.4 Å². The second-order valence-corrected chi connectivity index (χ2v) is 6.55. The van der Waals surface area contributed by atoms with Crippen LogP contribution in [0.1, 0.15) is 25.7 Å². The molecule has 0 atom stereocenters. The van der Waals surface area contributed by atoms with E-state index in [1.807, 2.05) is 6.92 Å². The number of amides is 2. The molecule has 0 spiro atoms. The predicted octanol–water partition coefficient (Wildman–Crippen LogP) is 4.06. The monoisotopic (exact) mass is 328 g/mol. The number of aryl methyl sites for hydroxylation is 1. The highest BCUT2D eigenvalue weighted by Gasteiger charge is 2.37. The molecule has 2 amide bonds. The third kappa shape index (κ3) is 1.73. The predicted molar refractivity (Wildman–Crippen MR) is 86.9 cm³/mol. The second kappa shape index (κ2) is 4.63. The maximum Gasteiger partial charge on any atom is 0.266 e. The smallest absolute Gasteiger partial charge is 0.266 e. The van der Waals surface area contributed by atoms with Crippen molar-refractivity contribution in [1.29, 1.82) is 0 Å². The van der Waals surface area contributed by atoms with Crippen LogP contribution in [0.4, 0.5) is 5.69 Å². The van der Waals surface area contributed by atoms with Crippen molar-refractivity contribution < 1.29 is 9.59 Å². The Morgan fingerprint density at radius 2 is 1.68 bits per heavy atom. The van der Waals surface area contributed by atoms with Crippen molar-refractivity contribution in [3.63, 3.8) is 0 Å². The Balaban J connectivity index is 1.92. The number of rotatable bonds is 1. The molecule has 22 heavy (non-hydrogen) atoms. The molecule has 0 fully saturated rings. The molecule has 108 valence electrons. The number of carbonyl (C=O) groups excluding carboxylic acids is 2. The van der Waals surface area contributed by atoms with Gasteiger partial charge in [0.05, 0.1) is 37.1 Å². The molecule has 0 unspecified atom stereocenters. The zero-order valence-electron chi connectivity index (χ0n) is 11.5. The first-order chi connectivity index (χ1) is 10.6. The second-order valence-electron chi connectivity index (χ2n) is 4.97.